The molecular weight excluding hydrogens is 462 g/mol. The number of hydrogen-bond donors (Lipinski definition) is 3. The highest BCUT2D eigenvalue weighted by molar-refractivity contribution is 5.96. The second-order valence-corrected chi connectivity index (χ2v) is 7.98. The fourth-order valence-electron chi connectivity index (χ4n) is 4.11. The zero-order valence-corrected chi connectivity index (χ0v) is 18.6. The highest BCUT2D eigenvalue weighted by atomic mass is 19.3. The smallest absolute Gasteiger partial charge is 0.412 e. The Hall–Kier alpha value is -4.28. The lowest BCUT2D eigenvalue weighted by Crippen LogP contribution is -2.42. The lowest BCUT2D eigenvalue weighted by molar-refractivity contribution is -0.140. The van der Waals surface area contributed by atoms with Crippen LogP contribution >= 0.6 is 0 Å². The van der Waals surface area contributed by atoms with E-state index in [1.165, 1.54) is 13.1 Å². The van der Waals surface area contributed by atoms with Crippen LogP contribution in [0.4, 0.5) is 19.4 Å². The van der Waals surface area contributed by atoms with Gasteiger partial charge in [-0.2, -0.15) is 5.10 Å². The van der Waals surface area contributed by atoms with E-state index in [0.29, 0.717) is 0 Å². The Balaban J connectivity index is 1.40. The van der Waals surface area contributed by atoms with Gasteiger partial charge in [-0.15, -0.1) is 0 Å². The highest BCUT2D eigenvalue weighted by Crippen LogP contribution is 2.44. The quantitative estimate of drug-likeness (QED) is 0.449. The number of fused-ring (bicyclic) bond motifs is 3. The van der Waals surface area contributed by atoms with Crippen LogP contribution in [0.5, 0.6) is 0 Å². The number of rotatable bonds is 8. The first-order valence-electron chi connectivity index (χ1n) is 10.7. The molecule has 0 fully saturated rings. The Bertz CT molecular complexity index is 1230. The minimum atomic E-state index is -2.91. The van der Waals surface area contributed by atoms with E-state index in [9.17, 15) is 23.2 Å². The second-order valence-electron chi connectivity index (χ2n) is 7.98. The molecule has 1 unspecified atom stereocenters. The number of aromatic nitrogens is 2. The number of alkyl halides is 2. The van der Waals surface area contributed by atoms with Gasteiger partial charge in [-0.05, 0) is 22.3 Å². The summed E-state index contributed by atoms with van der Waals surface area (Å²) < 4.78 is 31.7. The van der Waals surface area contributed by atoms with Gasteiger partial charge in [-0.1, -0.05) is 48.5 Å². The third kappa shape index (κ3) is 5.13. The first kappa shape index (κ1) is 23.9. The monoisotopic (exact) mass is 484 g/mol. The fourth-order valence-corrected chi connectivity index (χ4v) is 4.11. The van der Waals surface area contributed by atoms with Crippen molar-refractivity contribution in [2.45, 2.75) is 24.8 Å². The standard InChI is InChI=1S/C24H22F2N4O5/c1-30-19(22(31)27-18(23(32)33)10-20(25)26)11-21(29-30)28-24(34)35-12-17-15-8-4-2-6-13(15)14-7-3-5-9-16(14)17/h2-9,11,17-18,20H,10,12H2,1H3,(H,27,31)(H,32,33)(H,28,29,34). The number of carbonyl (C=O) groups excluding carboxylic acids is 2. The molecule has 2 aromatic carbocycles. The molecule has 182 valence electrons. The van der Waals surface area contributed by atoms with E-state index in [0.717, 1.165) is 26.9 Å². The number of hydrogen-bond acceptors (Lipinski definition) is 5. The number of carboxylic acids is 1. The number of aryl methyl sites for hydroxylation is 1. The summed E-state index contributed by atoms with van der Waals surface area (Å²) in [6.45, 7) is 0.0773. The van der Waals surface area contributed by atoms with Crippen molar-refractivity contribution in [3.63, 3.8) is 0 Å². The van der Waals surface area contributed by atoms with Gasteiger partial charge in [-0.25, -0.2) is 18.4 Å². The minimum absolute atomic E-state index is 0.0180. The molecule has 1 aromatic heterocycles. The average molecular weight is 484 g/mol. The highest BCUT2D eigenvalue weighted by Gasteiger charge is 2.29. The molecule has 1 atom stereocenters. The number of nitrogens with one attached hydrogen (secondary N) is 2. The molecule has 1 aliphatic carbocycles. The summed E-state index contributed by atoms with van der Waals surface area (Å²) >= 11 is 0. The molecule has 11 heteroatoms. The van der Waals surface area contributed by atoms with Gasteiger partial charge in [0, 0.05) is 25.5 Å². The molecule has 0 saturated heterocycles. The predicted molar refractivity (Wildman–Crippen MR) is 121 cm³/mol. The van der Waals surface area contributed by atoms with E-state index in [-0.39, 0.29) is 24.0 Å². The summed E-state index contributed by atoms with van der Waals surface area (Å²) in [6, 6.07) is 15.2. The van der Waals surface area contributed by atoms with E-state index in [2.05, 4.69) is 10.4 Å². The SMILES string of the molecule is Cn1nc(NC(=O)OCC2c3ccccc3-c3ccccc32)cc1C(=O)NC(CC(F)F)C(=O)O. The van der Waals surface area contributed by atoms with Gasteiger partial charge in [0.05, 0.1) is 0 Å². The van der Waals surface area contributed by atoms with Crippen LogP contribution in [0.15, 0.2) is 54.6 Å². The molecule has 0 radical (unpaired) electrons. The molecule has 4 rings (SSSR count). The van der Waals surface area contributed by atoms with Gasteiger partial charge in [-0.3, -0.25) is 14.8 Å². The number of carboxylic acid groups (broad SMARTS) is 1. The molecule has 3 N–H and O–H groups in total. The van der Waals surface area contributed by atoms with E-state index in [1.807, 2.05) is 53.8 Å². The molecule has 0 aliphatic heterocycles. The Morgan fingerprint density at radius 1 is 1.09 bits per heavy atom. The van der Waals surface area contributed by atoms with Crippen LogP contribution in [0.2, 0.25) is 0 Å². The molecule has 0 spiro atoms. The van der Waals surface area contributed by atoms with Crippen LogP contribution < -0.4 is 10.6 Å². The molecule has 2 amide bonds. The number of anilines is 1. The number of nitrogens with zero attached hydrogens (tertiary/aromatic N) is 2. The summed E-state index contributed by atoms with van der Waals surface area (Å²) in [7, 11) is 1.39. The molecule has 0 bridgehead atoms. The summed E-state index contributed by atoms with van der Waals surface area (Å²) in [6.07, 6.45) is -4.74. The normalized spacial score (nSPS) is 13.1. The lowest BCUT2D eigenvalue weighted by Gasteiger charge is -2.14. The van der Waals surface area contributed by atoms with Gasteiger partial charge in [0.1, 0.15) is 18.3 Å². The van der Waals surface area contributed by atoms with Crippen molar-refractivity contribution in [1.82, 2.24) is 15.1 Å². The van der Waals surface area contributed by atoms with Gasteiger partial charge < -0.3 is 15.2 Å². The topological polar surface area (TPSA) is 123 Å². The van der Waals surface area contributed by atoms with E-state index >= 15 is 0 Å². The van der Waals surface area contributed by atoms with Crippen LogP contribution in [0.25, 0.3) is 11.1 Å². The Kier molecular flexibility index (Phi) is 6.76. The third-order valence-corrected chi connectivity index (χ3v) is 5.70. The van der Waals surface area contributed by atoms with Crippen molar-refractivity contribution >= 4 is 23.8 Å². The van der Waals surface area contributed by atoms with Crippen LogP contribution in [-0.2, 0) is 16.6 Å². The van der Waals surface area contributed by atoms with Crippen LogP contribution in [0, 0.1) is 0 Å². The molecule has 9 nitrogen and oxygen atoms in total. The molecule has 35 heavy (non-hydrogen) atoms. The van der Waals surface area contributed by atoms with Gasteiger partial charge in [0.2, 0.25) is 6.43 Å². The molecule has 3 aromatic rings. The summed E-state index contributed by atoms with van der Waals surface area (Å²) in [5, 5.41) is 17.5. The number of halogens is 2. The van der Waals surface area contributed by atoms with Gasteiger partial charge in [0.15, 0.2) is 5.82 Å². The largest absolute Gasteiger partial charge is 0.480 e. The van der Waals surface area contributed by atoms with Crippen LogP contribution in [-0.4, -0.2) is 51.9 Å². The van der Waals surface area contributed by atoms with Gasteiger partial charge >= 0.3 is 12.1 Å². The number of ether oxygens (including phenoxy) is 1. The Morgan fingerprint density at radius 2 is 1.69 bits per heavy atom. The molecular formula is C24H22F2N4O5. The minimum Gasteiger partial charge on any atom is -0.480 e. The average Bonchev–Trinajstić information content (AvgIpc) is 3.34. The van der Waals surface area contributed by atoms with Crippen molar-refractivity contribution in [2.75, 3.05) is 11.9 Å². The van der Waals surface area contributed by atoms with Gasteiger partial charge in [0.25, 0.3) is 5.91 Å². The van der Waals surface area contributed by atoms with Crippen LogP contribution in [0.1, 0.15) is 34.0 Å². The maximum Gasteiger partial charge on any atom is 0.412 e. The lowest BCUT2D eigenvalue weighted by atomic mass is 9.98. The van der Waals surface area contributed by atoms with Crippen molar-refractivity contribution < 1.29 is 33.0 Å². The Labute approximate surface area is 198 Å². The first-order valence-corrected chi connectivity index (χ1v) is 10.7. The van der Waals surface area contributed by atoms with Crippen molar-refractivity contribution in [3.05, 3.63) is 71.4 Å². The zero-order valence-electron chi connectivity index (χ0n) is 18.6. The first-order chi connectivity index (χ1) is 16.7. The fraction of sp³-hybridized carbons (Fsp3) is 0.250. The van der Waals surface area contributed by atoms with Crippen molar-refractivity contribution in [1.29, 1.82) is 0 Å². The summed E-state index contributed by atoms with van der Waals surface area (Å²) in [5.41, 5.74) is 4.15. The number of carbonyl (C=O) groups is 3. The molecule has 0 saturated carbocycles. The van der Waals surface area contributed by atoms with E-state index in [1.54, 1.807) is 0 Å². The Morgan fingerprint density at radius 3 is 2.26 bits per heavy atom. The number of amides is 2. The predicted octanol–water partition coefficient (Wildman–Crippen LogP) is 3.62. The van der Waals surface area contributed by atoms with Crippen molar-refractivity contribution in [2.24, 2.45) is 7.05 Å². The second kappa shape index (κ2) is 9.92. The number of benzene rings is 2. The molecule has 1 heterocycles. The van der Waals surface area contributed by atoms with Crippen LogP contribution in [0.3, 0.4) is 0 Å². The maximum absolute atomic E-state index is 12.6. The molecule has 1 aliphatic rings. The number of aliphatic carboxylic acids is 1. The maximum atomic E-state index is 12.6. The zero-order chi connectivity index (χ0) is 25.1. The third-order valence-electron chi connectivity index (χ3n) is 5.70. The summed E-state index contributed by atoms with van der Waals surface area (Å²) in [5.74, 6) is -2.66. The summed E-state index contributed by atoms with van der Waals surface area (Å²) in [4.78, 5) is 35.9. The van der Waals surface area contributed by atoms with Crippen molar-refractivity contribution in [3.8, 4) is 11.1 Å². The van der Waals surface area contributed by atoms with E-state index < -0.39 is 36.9 Å². The van der Waals surface area contributed by atoms with E-state index in [4.69, 9.17) is 9.84 Å².